The maximum Gasteiger partial charge on any atom is 0.224 e. The number of pyridine rings is 1. The molecule has 0 atom stereocenters. The van der Waals surface area contributed by atoms with Gasteiger partial charge in [-0.05, 0) is 42.7 Å². The minimum Gasteiger partial charge on any atom is -0.399 e. The second kappa shape index (κ2) is 10.0. The van der Waals surface area contributed by atoms with Crippen LogP contribution in [0.25, 0.3) is 0 Å². The zero-order chi connectivity index (χ0) is 14.4. The van der Waals surface area contributed by atoms with E-state index in [0.717, 1.165) is 28.9 Å². The molecule has 2 aromatic rings. The van der Waals surface area contributed by atoms with Crippen molar-refractivity contribution in [2.45, 2.75) is 19.8 Å². The van der Waals surface area contributed by atoms with Gasteiger partial charge in [0.1, 0.15) is 0 Å². The summed E-state index contributed by atoms with van der Waals surface area (Å²) < 4.78 is 0. The maximum absolute atomic E-state index is 11.8. The third-order valence-corrected chi connectivity index (χ3v) is 3.05. The van der Waals surface area contributed by atoms with Gasteiger partial charge in [-0.25, -0.2) is 0 Å². The fraction of sp³-hybridized carbons (Fsp3) is 0.250. The van der Waals surface area contributed by atoms with E-state index >= 15 is 0 Å². The summed E-state index contributed by atoms with van der Waals surface area (Å²) in [6.07, 6.45) is 2.92. The summed E-state index contributed by atoms with van der Waals surface area (Å²) in [5.74, 6) is 0.0195. The van der Waals surface area contributed by atoms with Crippen molar-refractivity contribution in [2.24, 2.45) is 0 Å². The molecule has 1 aromatic heterocycles. The number of hydrogen-bond donors (Lipinski definition) is 2. The van der Waals surface area contributed by atoms with E-state index in [4.69, 9.17) is 5.73 Å². The molecule has 0 aliphatic heterocycles. The molecular weight excluding hydrogens is 321 g/mol. The van der Waals surface area contributed by atoms with E-state index in [2.05, 4.69) is 10.3 Å². The standard InChI is InChI=1S/C16H19N3O.2ClH/c1-12-2-3-14(11-19-12)10-16(20)18-9-8-13-4-6-15(17)7-5-13;;/h2-7,11H,8-10,17H2,1H3,(H,18,20);2*1H. The molecule has 22 heavy (non-hydrogen) atoms. The monoisotopic (exact) mass is 341 g/mol. The highest BCUT2D eigenvalue weighted by Gasteiger charge is 2.03. The summed E-state index contributed by atoms with van der Waals surface area (Å²) in [4.78, 5) is 16.0. The minimum atomic E-state index is 0. The van der Waals surface area contributed by atoms with Crippen LogP contribution in [-0.2, 0) is 17.6 Å². The Labute approximate surface area is 143 Å². The van der Waals surface area contributed by atoms with E-state index in [1.54, 1.807) is 6.20 Å². The Bertz CT molecular complexity index is 571. The first-order valence-corrected chi connectivity index (χ1v) is 6.66. The molecular formula is C16H21Cl2N3O. The Morgan fingerprint density at radius 1 is 1.09 bits per heavy atom. The van der Waals surface area contributed by atoms with Crippen molar-refractivity contribution in [3.63, 3.8) is 0 Å². The first kappa shape index (κ1) is 20.2. The van der Waals surface area contributed by atoms with Gasteiger partial charge in [0.15, 0.2) is 0 Å². The fourth-order valence-electron chi connectivity index (χ4n) is 1.88. The van der Waals surface area contributed by atoms with E-state index in [-0.39, 0.29) is 30.7 Å². The Morgan fingerprint density at radius 2 is 1.73 bits per heavy atom. The number of aryl methyl sites for hydroxylation is 1. The molecule has 0 aliphatic carbocycles. The number of anilines is 1. The Balaban J connectivity index is 0.00000220. The minimum absolute atomic E-state index is 0. The highest BCUT2D eigenvalue weighted by Crippen LogP contribution is 2.05. The van der Waals surface area contributed by atoms with E-state index in [1.807, 2.05) is 43.3 Å². The molecule has 1 heterocycles. The Hall–Kier alpha value is -1.78. The molecule has 1 aromatic carbocycles. The van der Waals surface area contributed by atoms with Crippen LogP contribution in [0, 0.1) is 6.92 Å². The lowest BCUT2D eigenvalue weighted by Crippen LogP contribution is -2.27. The SMILES string of the molecule is Cc1ccc(CC(=O)NCCc2ccc(N)cc2)cn1.Cl.Cl. The maximum atomic E-state index is 11.8. The van der Waals surface area contributed by atoms with Crippen LogP contribution >= 0.6 is 24.8 Å². The summed E-state index contributed by atoms with van der Waals surface area (Å²) in [5, 5.41) is 2.91. The lowest BCUT2D eigenvalue weighted by molar-refractivity contribution is -0.120. The summed E-state index contributed by atoms with van der Waals surface area (Å²) in [5.41, 5.74) is 9.43. The van der Waals surface area contributed by atoms with Gasteiger partial charge in [-0.2, -0.15) is 0 Å². The molecule has 3 N–H and O–H groups in total. The van der Waals surface area contributed by atoms with Crippen LogP contribution < -0.4 is 11.1 Å². The number of carbonyl (C=O) groups excluding carboxylic acids is 1. The second-order valence-electron chi connectivity index (χ2n) is 4.83. The van der Waals surface area contributed by atoms with Gasteiger partial charge in [0.05, 0.1) is 6.42 Å². The first-order chi connectivity index (χ1) is 9.63. The van der Waals surface area contributed by atoms with Crippen LogP contribution in [0.4, 0.5) is 5.69 Å². The van der Waals surface area contributed by atoms with Crippen molar-refractivity contribution >= 4 is 36.4 Å². The lowest BCUT2D eigenvalue weighted by atomic mass is 10.1. The van der Waals surface area contributed by atoms with Crippen molar-refractivity contribution < 1.29 is 4.79 Å². The van der Waals surface area contributed by atoms with E-state index < -0.39 is 0 Å². The summed E-state index contributed by atoms with van der Waals surface area (Å²) in [6.45, 7) is 2.55. The van der Waals surface area contributed by atoms with Gasteiger partial charge in [0, 0.05) is 24.1 Å². The Morgan fingerprint density at radius 3 is 2.32 bits per heavy atom. The van der Waals surface area contributed by atoms with Crippen LogP contribution in [0.1, 0.15) is 16.8 Å². The predicted molar refractivity (Wildman–Crippen MR) is 94.7 cm³/mol. The molecule has 1 amide bonds. The predicted octanol–water partition coefficient (Wildman–Crippen LogP) is 2.72. The van der Waals surface area contributed by atoms with Crippen LogP contribution in [0.3, 0.4) is 0 Å². The molecule has 0 bridgehead atoms. The molecule has 2 rings (SSSR count). The summed E-state index contributed by atoms with van der Waals surface area (Å²) in [6, 6.07) is 11.5. The Kier molecular flexibility index (Phi) is 9.22. The number of amides is 1. The van der Waals surface area contributed by atoms with Crippen LogP contribution in [0.5, 0.6) is 0 Å². The molecule has 0 saturated heterocycles. The number of nitrogens with one attached hydrogen (secondary N) is 1. The third kappa shape index (κ3) is 6.78. The number of nitrogen functional groups attached to an aromatic ring is 1. The molecule has 6 heteroatoms. The van der Waals surface area contributed by atoms with Crippen LogP contribution in [-0.4, -0.2) is 17.4 Å². The number of nitrogens with two attached hydrogens (primary N) is 1. The number of nitrogens with zero attached hydrogens (tertiary/aromatic N) is 1. The fourth-order valence-corrected chi connectivity index (χ4v) is 1.88. The molecule has 0 aliphatic rings. The number of benzene rings is 1. The van der Waals surface area contributed by atoms with Gasteiger partial charge < -0.3 is 11.1 Å². The number of rotatable bonds is 5. The molecule has 0 fully saturated rings. The summed E-state index contributed by atoms with van der Waals surface area (Å²) >= 11 is 0. The average molecular weight is 342 g/mol. The number of aromatic nitrogens is 1. The summed E-state index contributed by atoms with van der Waals surface area (Å²) in [7, 11) is 0. The molecule has 0 saturated carbocycles. The highest BCUT2D eigenvalue weighted by atomic mass is 35.5. The second-order valence-corrected chi connectivity index (χ2v) is 4.83. The molecule has 0 radical (unpaired) electrons. The molecule has 0 unspecified atom stereocenters. The normalized spacial score (nSPS) is 9.32. The largest absolute Gasteiger partial charge is 0.399 e. The lowest BCUT2D eigenvalue weighted by Gasteiger charge is -2.06. The van der Waals surface area contributed by atoms with Crippen LogP contribution in [0.15, 0.2) is 42.6 Å². The third-order valence-electron chi connectivity index (χ3n) is 3.05. The van der Waals surface area contributed by atoms with Crippen molar-refractivity contribution in [2.75, 3.05) is 12.3 Å². The van der Waals surface area contributed by atoms with Crippen LogP contribution in [0.2, 0.25) is 0 Å². The van der Waals surface area contributed by atoms with E-state index in [9.17, 15) is 4.79 Å². The zero-order valence-corrected chi connectivity index (χ0v) is 14.0. The molecule has 0 spiro atoms. The number of halogens is 2. The molecule has 4 nitrogen and oxygen atoms in total. The van der Waals surface area contributed by atoms with Gasteiger partial charge in [0.2, 0.25) is 5.91 Å². The van der Waals surface area contributed by atoms with E-state index in [0.29, 0.717) is 13.0 Å². The first-order valence-electron chi connectivity index (χ1n) is 6.66. The smallest absolute Gasteiger partial charge is 0.224 e. The van der Waals surface area contributed by atoms with Gasteiger partial charge in [-0.3, -0.25) is 9.78 Å². The van der Waals surface area contributed by atoms with Crippen molar-refractivity contribution in [3.8, 4) is 0 Å². The van der Waals surface area contributed by atoms with Gasteiger partial charge in [0.25, 0.3) is 0 Å². The van der Waals surface area contributed by atoms with E-state index in [1.165, 1.54) is 0 Å². The average Bonchev–Trinajstić information content (AvgIpc) is 2.44. The van der Waals surface area contributed by atoms with Crippen molar-refractivity contribution in [1.29, 1.82) is 0 Å². The number of carbonyl (C=O) groups is 1. The quantitative estimate of drug-likeness (QED) is 0.821. The topological polar surface area (TPSA) is 68.0 Å². The number of hydrogen-bond acceptors (Lipinski definition) is 3. The molecule has 120 valence electrons. The van der Waals surface area contributed by atoms with Gasteiger partial charge in [-0.15, -0.1) is 24.8 Å². The van der Waals surface area contributed by atoms with Crippen molar-refractivity contribution in [3.05, 3.63) is 59.4 Å². The van der Waals surface area contributed by atoms with Gasteiger partial charge >= 0.3 is 0 Å². The zero-order valence-electron chi connectivity index (χ0n) is 12.4. The highest BCUT2D eigenvalue weighted by molar-refractivity contribution is 5.85. The van der Waals surface area contributed by atoms with Gasteiger partial charge in [-0.1, -0.05) is 18.2 Å². The van der Waals surface area contributed by atoms with Crippen molar-refractivity contribution in [1.82, 2.24) is 10.3 Å².